The van der Waals surface area contributed by atoms with Crippen molar-refractivity contribution < 1.29 is 0 Å². The maximum Gasteiger partial charge on any atom is 0.113 e. The van der Waals surface area contributed by atoms with Crippen LogP contribution in [0.5, 0.6) is 0 Å². The van der Waals surface area contributed by atoms with Gasteiger partial charge in [-0.05, 0) is 42.3 Å². The first-order valence-electron chi connectivity index (χ1n) is 5.46. The summed E-state index contributed by atoms with van der Waals surface area (Å²) in [6.45, 7) is 0. The number of hydrogen-bond acceptors (Lipinski definition) is 2. The molecule has 0 amide bonds. The van der Waals surface area contributed by atoms with E-state index in [1.807, 2.05) is 44.4 Å². The molecule has 2 heteroatoms. The second kappa shape index (κ2) is 5.18. The smallest absolute Gasteiger partial charge is 0.113 e. The van der Waals surface area contributed by atoms with Crippen LogP contribution in [0.25, 0.3) is 0 Å². The summed E-state index contributed by atoms with van der Waals surface area (Å²) in [5.41, 5.74) is 2.97. The van der Waals surface area contributed by atoms with Crippen molar-refractivity contribution in [1.82, 2.24) is 4.98 Å². The summed E-state index contributed by atoms with van der Waals surface area (Å²) in [7, 11) is 4.04. The molecule has 0 atom stereocenters. The Bertz CT molecular complexity index is 531. The average Bonchev–Trinajstić information content (AvgIpc) is 2.38. The number of pyridine rings is 1. The van der Waals surface area contributed by atoms with Gasteiger partial charge in [-0.25, -0.2) is 4.98 Å². The van der Waals surface area contributed by atoms with Crippen molar-refractivity contribution in [3.63, 3.8) is 0 Å². The molecular weight excluding hydrogens is 208 g/mol. The van der Waals surface area contributed by atoms with Gasteiger partial charge in [-0.2, -0.15) is 0 Å². The van der Waals surface area contributed by atoms with Gasteiger partial charge in [-0.3, -0.25) is 0 Å². The van der Waals surface area contributed by atoms with Crippen molar-refractivity contribution in [2.75, 3.05) is 19.0 Å². The third-order valence-electron chi connectivity index (χ3n) is 2.38. The zero-order valence-electron chi connectivity index (χ0n) is 10.0. The van der Waals surface area contributed by atoms with Crippen molar-refractivity contribution in [3.05, 3.63) is 59.9 Å². The molecule has 2 nitrogen and oxygen atoms in total. The number of rotatable bonds is 1. The van der Waals surface area contributed by atoms with E-state index in [9.17, 15) is 0 Å². The Morgan fingerprint density at radius 1 is 0.941 bits per heavy atom. The van der Waals surface area contributed by atoms with E-state index < -0.39 is 0 Å². The Hall–Kier alpha value is -2.27. The largest absolute Gasteiger partial charge is 0.378 e. The topological polar surface area (TPSA) is 16.1 Å². The van der Waals surface area contributed by atoms with Gasteiger partial charge in [0.2, 0.25) is 0 Å². The number of aromatic nitrogens is 1. The van der Waals surface area contributed by atoms with Crippen LogP contribution in [0.3, 0.4) is 0 Å². The SMILES string of the molecule is CN(C)c1ccc(C#Cc2ccccn2)cc1. The Kier molecular flexibility index (Phi) is 3.42. The summed E-state index contributed by atoms with van der Waals surface area (Å²) in [4.78, 5) is 6.22. The second-order valence-electron chi connectivity index (χ2n) is 3.91. The first kappa shape index (κ1) is 11.2. The van der Waals surface area contributed by atoms with Gasteiger partial charge >= 0.3 is 0 Å². The molecule has 2 rings (SSSR count). The van der Waals surface area contributed by atoms with Crippen molar-refractivity contribution >= 4 is 5.69 Å². The molecule has 17 heavy (non-hydrogen) atoms. The minimum atomic E-state index is 0.796. The standard InChI is InChI=1S/C15H14N2/c1-17(2)15-10-7-13(8-11-15)6-9-14-5-3-4-12-16-14/h3-5,7-8,10-12H,1-2H3. The summed E-state index contributed by atoms with van der Waals surface area (Å²) >= 11 is 0. The first-order chi connectivity index (χ1) is 8.25. The van der Waals surface area contributed by atoms with Crippen LogP contribution in [0.4, 0.5) is 5.69 Å². The van der Waals surface area contributed by atoms with Crippen molar-refractivity contribution in [2.24, 2.45) is 0 Å². The molecule has 2 aromatic rings. The highest BCUT2D eigenvalue weighted by Crippen LogP contribution is 2.11. The van der Waals surface area contributed by atoms with Crippen molar-refractivity contribution in [1.29, 1.82) is 0 Å². The van der Waals surface area contributed by atoms with Gasteiger partial charge in [-0.15, -0.1) is 0 Å². The minimum absolute atomic E-state index is 0.796. The highest BCUT2D eigenvalue weighted by atomic mass is 15.1. The lowest BCUT2D eigenvalue weighted by atomic mass is 10.2. The summed E-state index contributed by atoms with van der Waals surface area (Å²) in [6.07, 6.45) is 1.75. The van der Waals surface area contributed by atoms with Gasteiger partial charge in [0, 0.05) is 31.5 Å². The van der Waals surface area contributed by atoms with Crippen LogP contribution in [-0.4, -0.2) is 19.1 Å². The number of anilines is 1. The lowest BCUT2D eigenvalue weighted by Gasteiger charge is -2.11. The third kappa shape index (κ3) is 3.09. The van der Waals surface area contributed by atoms with Gasteiger partial charge < -0.3 is 4.90 Å². The van der Waals surface area contributed by atoms with E-state index in [1.54, 1.807) is 6.20 Å². The van der Waals surface area contributed by atoms with Gasteiger partial charge in [0.1, 0.15) is 5.69 Å². The fraction of sp³-hybridized carbons (Fsp3) is 0.133. The molecule has 0 unspecified atom stereocenters. The third-order valence-corrected chi connectivity index (χ3v) is 2.38. The molecule has 0 aliphatic carbocycles. The molecular formula is C15H14N2. The Labute approximate surface area is 102 Å². The molecule has 0 saturated heterocycles. The minimum Gasteiger partial charge on any atom is -0.378 e. The molecule has 0 radical (unpaired) electrons. The Balaban J connectivity index is 2.17. The molecule has 1 heterocycles. The summed E-state index contributed by atoms with van der Waals surface area (Å²) in [5, 5.41) is 0. The van der Waals surface area contributed by atoms with Gasteiger partial charge in [0.25, 0.3) is 0 Å². The van der Waals surface area contributed by atoms with E-state index in [1.165, 1.54) is 5.69 Å². The highest BCUT2D eigenvalue weighted by molar-refractivity contribution is 5.50. The molecule has 1 aromatic carbocycles. The van der Waals surface area contributed by atoms with E-state index in [0.29, 0.717) is 0 Å². The van der Waals surface area contributed by atoms with Crippen LogP contribution in [0, 0.1) is 11.8 Å². The fourth-order valence-corrected chi connectivity index (χ4v) is 1.42. The summed E-state index contributed by atoms with van der Waals surface area (Å²) in [6, 6.07) is 13.9. The molecule has 0 N–H and O–H groups in total. The molecule has 0 spiro atoms. The van der Waals surface area contributed by atoms with E-state index >= 15 is 0 Å². The molecule has 0 fully saturated rings. The first-order valence-corrected chi connectivity index (χ1v) is 5.46. The van der Waals surface area contributed by atoms with Crippen LogP contribution in [0.1, 0.15) is 11.3 Å². The fourth-order valence-electron chi connectivity index (χ4n) is 1.42. The highest BCUT2D eigenvalue weighted by Gasteiger charge is 1.93. The number of nitrogens with zero attached hydrogens (tertiary/aromatic N) is 2. The Morgan fingerprint density at radius 2 is 1.71 bits per heavy atom. The summed E-state index contributed by atoms with van der Waals surface area (Å²) < 4.78 is 0. The molecule has 84 valence electrons. The molecule has 1 aromatic heterocycles. The van der Waals surface area contributed by atoms with Gasteiger partial charge in [0.05, 0.1) is 0 Å². The van der Waals surface area contributed by atoms with Crippen molar-refractivity contribution in [3.8, 4) is 11.8 Å². The van der Waals surface area contributed by atoms with Crippen LogP contribution < -0.4 is 4.90 Å². The second-order valence-corrected chi connectivity index (χ2v) is 3.91. The molecule has 0 bridgehead atoms. The van der Waals surface area contributed by atoms with Gasteiger partial charge in [-0.1, -0.05) is 12.0 Å². The maximum absolute atomic E-state index is 4.16. The van der Waals surface area contributed by atoms with Crippen LogP contribution in [-0.2, 0) is 0 Å². The monoisotopic (exact) mass is 222 g/mol. The quantitative estimate of drug-likeness (QED) is 0.689. The predicted molar refractivity (Wildman–Crippen MR) is 71.0 cm³/mol. The lowest BCUT2D eigenvalue weighted by Crippen LogP contribution is -2.07. The summed E-state index contributed by atoms with van der Waals surface area (Å²) in [5.74, 6) is 6.13. The predicted octanol–water partition coefficient (Wildman–Crippen LogP) is 2.55. The van der Waals surface area contributed by atoms with Crippen LogP contribution in [0.2, 0.25) is 0 Å². The number of hydrogen-bond donors (Lipinski definition) is 0. The van der Waals surface area contributed by atoms with Crippen molar-refractivity contribution in [2.45, 2.75) is 0 Å². The average molecular weight is 222 g/mol. The zero-order chi connectivity index (χ0) is 12.1. The zero-order valence-corrected chi connectivity index (χ0v) is 10.0. The lowest BCUT2D eigenvalue weighted by molar-refractivity contribution is 1.13. The normalized spacial score (nSPS) is 9.29. The van der Waals surface area contributed by atoms with Crippen LogP contribution >= 0.6 is 0 Å². The van der Waals surface area contributed by atoms with E-state index in [0.717, 1.165) is 11.3 Å². The van der Waals surface area contributed by atoms with Gasteiger partial charge in [0.15, 0.2) is 0 Å². The van der Waals surface area contributed by atoms with E-state index in [4.69, 9.17) is 0 Å². The maximum atomic E-state index is 4.16. The van der Waals surface area contributed by atoms with E-state index in [2.05, 4.69) is 33.9 Å². The number of benzene rings is 1. The molecule has 0 aliphatic heterocycles. The van der Waals surface area contributed by atoms with Crippen LogP contribution in [0.15, 0.2) is 48.7 Å². The van der Waals surface area contributed by atoms with E-state index in [-0.39, 0.29) is 0 Å². The molecule has 0 aliphatic rings. The molecule has 0 saturated carbocycles. The Morgan fingerprint density at radius 3 is 2.29 bits per heavy atom.